The molecular formula is C15H19N3O2S. The van der Waals surface area contributed by atoms with Crippen LogP contribution in [0.3, 0.4) is 0 Å². The van der Waals surface area contributed by atoms with E-state index in [1.165, 1.54) is 11.3 Å². The van der Waals surface area contributed by atoms with Gasteiger partial charge in [-0.3, -0.25) is 5.32 Å². The number of aliphatic hydroxyl groups excluding tert-OH is 1. The minimum absolute atomic E-state index is 0.0192. The molecule has 0 saturated heterocycles. The Bertz CT molecular complexity index is 571. The number of nitrogens with zero attached hydrogens (tertiary/aromatic N) is 1. The summed E-state index contributed by atoms with van der Waals surface area (Å²) in [6.45, 7) is 2.05. The number of aliphatic hydroxyl groups is 1. The van der Waals surface area contributed by atoms with Gasteiger partial charge in [0.2, 0.25) is 0 Å². The summed E-state index contributed by atoms with van der Waals surface area (Å²) in [6, 6.07) is 9.67. The van der Waals surface area contributed by atoms with Gasteiger partial charge in [0.1, 0.15) is 0 Å². The zero-order chi connectivity index (χ0) is 15.1. The van der Waals surface area contributed by atoms with Crippen LogP contribution in [0, 0.1) is 0 Å². The van der Waals surface area contributed by atoms with Crippen molar-refractivity contribution in [2.24, 2.45) is 0 Å². The van der Waals surface area contributed by atoms with Crippen LogP contribution >= 0.6 is 11.3 Å². The van der Waals surface area contributed by atoms with Gasteiger partial charge in [0, 0.05) is 18.8 Å². The van der Waals surface area contributed by atoms with Gasteiger partial charge in [-0.15, -0.1) is 0 Å². The number of urea groups is 1. The molecule has 6 heteroatoms. The van der Waals surface area contributed by atoms with Crippen LogP contribution in [-0.2, 0) is 0 Å². The van der Waals surface area contributed by atoms with Crippen molar-refractivity contribution in [3.05, 3.63) is 36.5 Å². The van der Waals surface area contributed by atoms with Crippen molar-refractivity contribution in [2.75, 3.05) is 11.9 Å². The van der Waals surface area contributed by atoms with Gasteiger partial charge in [-0.05, 0) is 25.3 Å². The molecule has 5 nitrogen and oxygen atoms in total. The lowest BCUT2D eigenvalue weighted by Crippen LogP contribution is -2.36. The zero-order valence-electron chi connectivity index (χ0n) is 11.9. The minimum atomic E-state index is -0.269. The molecule has 1 atom stereocenters. The smallest absolute Gasteiger partial charge is 0.321 e. The summed E-state index contributed by atoms with van der Waals surface area (Å²) in [5.41, 5.74) is 1.08. The Balaban J connectivity index is 1.89. The standard InChI is InChI=1S/C15H19N3O2S/c1-11(6-5-9-19)17-14(20)18-15-16-10-13(21-15)12-7-3-2-4-8-12/h2-4,7-8,10-11,19H,5-6,9H2,1H3,(H2,16,17,18,20). The van der Waals surface area contributed by atoms with E-state index >= 15 is 0 Å². The second kappa shape index (κ2) is 7.75. The lowest BCUT2D eigenvalue weighted by Gasteiger charge is -2.12. The Morgan fingerprint density at radius 2 is 2.14 bits per heavy atom. The maximum absolute atomic E-state index is 11.8. The first-order valence-electron chi connectivity index (χ1n) is 6.88. The monoisotopic (exact) mass is 305 g/mol. The van der Waals surface area contributed by atoms with Crippen LogP contribution in [0.2, 0.25) is 0 Å². The third-order valence-corrected chi connectivity index (χ3v) is 3.92. The molecule has 2 aromatic rings. The maximum atomic E-state index is 11.8. The molecule has 0 aliphatic heterocycles. The van der Waals surface area contributed by atoms with E-state index in [9.17, 15) is 4.79 Å². The average molecular weight is 305 g/mol. The normalized spacial score (nSPS) is 11.9. The van der Waals surface area contributed by atoms with Gasteiger partial charge in [-0.25, -0.2) is 9.78 Å². The van der Waals surface area contributed by atoms with E-state index in [-0.39, 0.29) is 18.7 Å². The van der Waals surface area contributed by atoms with Gasteiger partial charge in [-0.2, -0.15) is 0 Å². The van der Waals surface area contributed by atoms with Crippen molar-refractivity contribution in [3.8, 4) is 10.4 Å². The molecule has 0 aliphatic carbocycles. The quantitative estimate of drug-likeness (QED) is 0.767. The number of amides is 2. The molecule has 1 unspecified atom stereocenters. The van der Waals surface area contributed by atoms with Crippen molar-refractivity contribution >= 4 is 22.5 Å². The second-order valence-electron chi connectivity index (χ2n) is 4.76. The summed E-state index contributed by atoms with van der Waals surface area (Å²) < 4.78 is 0. The van der Waals surface area contributed by atoms with Gasteiger partial charge < -0.3 is 10.4 Å². The number of nitrogens with one attached hydrogen (secondary N) is 2. The van der Waals surface area contributed by atoms with Gasteiger partial charge in [0.05, 0.1) is 4.88 Å². The lowest BCUT2D eigenvalue weighted by molar-refractivity contribution is 0.245. The van der Waals surface area contributed by atoms with E-state index in [0.29, 0.717) is 11.6 Å². The van der Waals surface area contributed by atoms with Crippen LogP contribution in [0.4, 0.5) is 9.93 Å². The van der Waals surface area contributed by atoms with Gasteiger partial charge in [0.25, 0.3) is 0 Å². The molecule has 0 bridgehead atoms. The number of hydrogen-bond acceptors (Lipinski definition) is 4. The highest BCUT2D eigenvalue weighted by atomic mass is 32.1. The van der Waals surface area contributed by atoms with Crippen LogP contribution in [0.15, 0.2) is 36.5 Å². The van der Waals surface area contributed by atoms with Crippen molar-refractivity contribution < 1.29 is 9.90 Å². The predicted molar refractivity (Wildman–Crippen MR) is 85.5 cm³/mol. The van der Waals surface area contributed by atoms with E-state index in [1.807, 2.05) is 37.3 Å². The van der Waals surface area contributed by atoms with Gasteiger partial charge in [-0.1, -0.05) is 41.7 Å². The molecule has 112 valence electrons. The Labute approximate surface area is 128 Å². The van der Waals surface area contributed by atoms with E-state index in [2.05, 4.69) is 15.6 Å². The largest absolute Gasteiger partial charge is 0.396 e. The molecule has 1 aromatic carbocycles. The van der Waals surface area contributed by atoms with Crippen LogP contribution in [0.25, 0.3) is 10.4 Å². The number of thiazole rings is 1. The molecule has 1 aromatic heterocycles. The minimum Gasteiger partial charge on any atom is -0.396 e. The molecule has 2 amide bonds. The molecule has 1 heterocycles. The van der Waals surface area contributed by atoms with Crippen LogP contribution in [-0.4, -0.2) is 28.8 Å². The van der Waals surface area contributed by atoms with Gasteiger partial charge in [0.15, 0.2) is 5.13 Å². The zero-order valence-corrected chi connectivity index (χ0v) is 12.7. The van der Waals surface area contributed by atoms with Crippen LogP contribution in [0.5, 0.6) is 0 Å². The first-order valence-corrected chi connectivity index (χ1v) is 7.70. The number of carbonyl (C=O) groups excluding carboxylic acids is 1. The summed E-state index contributed by atoms with van der Waals surface area (Å²) in [5, 5.41) is 14.9. The number of carbonyl (C=O) groups is 1. The first kappa shape index (κ1) is 15.5. The molecule has 3 N–H and O–H groups in total. The van der Waals surface area contributed by atoms with Crippen molar-refractivity contribution in [3.63, 3.8) is 0 Å². The number of hydrogen-bond donors (Lipinski definition) is 3. The number of benzene rings is 1. The number of aromatic nitrogens is 1. The SMILES string of the molecule is CC(CCCO)NC(=O)Nc1ncc(-c2ccccc2)s1. The number of rotatable bonds is 6. The van der Waals surface area contributed by atoms with E-state index in [1.54, 1.807) is 6.20 Å². The molecule has 21 heavy (non-hydrogen) atoms. The molecular weight excluding hydrogens is 286 g/mol. The van der Waals surface area contributed by atoms with E-state index in [0.717, 1.165) is 16.9 Å². The van der Waals surface area contributed by atoms with Crippen molar-refractivity contribution in [1.82, 2.24) is 10.3 Å². The fourth-order valence-corrected chi connectivity index (χ4v) is 2.71. The molecule has 2 rings (SSSR count). The third kappa shape index (κ3) is 4.84. The Morgan fingerprint density at radius 3 is 2.86 bits per heavy atom. The second-order valence-corrected chi connectivity index (χ2v) is 5.79. The van der Waals surface area contributed by atoms with Crippen LogP contribution in [0.1, 0.15) is 19.8 Å². The fourth-order valence-electron chi connectivity index (χ4n) is 1.89. The molecule has 0 saturated carbocycles. The van der Waals surface area contributed by atoms with Crippen LogP contribution < -0.4 is 10.6 Å². The fraction of sp³-hybridized carbons (Fsp3) is 0.333. The average Bonchev–Trinajstić information content (AvgIpc) is 2.94. The predicted octanol–water partition coefficient (Wildman–Crippen LogP) is 3.09. The first-order chi connectivity index (χ1) is 10.2. The highest BCUT2D eigenvalue weighted by Crippen LogP contribution is 2.28. The third-order valence-electron chi connectivity index (χ3n) is 2.96. The molecule has 0 fully saturated rings. The molecule has 0 spiro atoms. The van der Waals surface area contributed by atoms with Crippen molar-refractivity contribution in [1.29, 1.82) is 0 Å². The van der Waals surface area contributed by atoms with Gasteiger partial charge >= 0.3 is 6.03 Å². The maximum Gasteiger partial charge on any atom is 0.321 e. The summed E-state index contributed by atoms with van der Waals surface area (Å²) in [4.78, 5) is 17.0. The lowest BCUT2D eigenvalue weighted by atomic mass is 10.2. The molecule has 0 aliphatic rings. The summed E-state index contributed by atoms with van der Waals surface area (Å²) in [7, 11) is 0. The summed E-state index contributed by atoms with van der Waals surface area (Å²) in [5.74, 6) is 0. The summed E-state index contributed by atoms with van der Waals surface area (Å²) in [6.07, 6.45) is 3.18. The summed E-state index contributed by atoms with van der Waals surface area (Å²) >= 11 is 1.44. The van der Waals surface area contributed by atoms with E-state index < -0.39 is 0 Å². The topological polar surface area (TPSA) is 74.2 Å². The Morgan fingerprint density at radius 1 is 1.38 bits per heavy atom. The van der Waals surface area contributed by atoms with Crippen molar-refractivity contribution in [2.45, 2.75) is 25.8 Å². The Hall–Kier alpha value is -1.92. The molecule has 0 radical (unpaired) electrons. The highest BCUT2D eigenvalue weighted by molar-refractivity contribution is 7.19. The Kier molecular flexibility index (Phi) is 5.71. The number of anilines is 1. The highest BCUT2D eigenvalue weighted by Gasteiger charge is 2.10. The van der Waals surface area contributed by atoms with E-state index in [4.69, 9.17) is 5.11 Å².